The maximum atomic E-state index is 12.4. The molecule has 2 heterocycles. The fourth-order valence-corrected chi connectivity index (χ4v) is 3.87. The summed E-state index contributed by atoms with van der Waals surface area (Å²) in [6.45, 7) is 3.39. The number of nitrogens with zero attached hydrogens (tertiary/aromatic N) is 4. The van der Waals surface area contributed by atoms with Crippen molar-refractivity contribution in [3.05, 3.63) is 12.7 Å². The summed E-state index contributed by atoms with van der Waals surface area (Å²) in [4.78, 5) is 36.0. The van der Waals surface area contributed by atoms with Gasteiger partial charge >= 0.3 is 5.97 Å². The van der Waals surface area contributed by atoms with Gasteiger partial charge in [-0.15, -0.1) is 0 Å². The maximum Gasteiger partial charge on any atom is 0.303 e. The van der Waals surface area contributed by atoms with E-state index in [0.29, 0.717) is 17.0 Å². The van der Waals surface area contributed by atoms with Crippen molar-refractivity contribution in [1.82, 2.24) is 24.8 Å². The summed E-state index contributed by atoms with van der Waals surface area (Å²) in [5.41, 5.74) is 0.327. The Hall–Kier alpha value is -2.79. The number of aromatic nitrogens is 4. The first kappa shape index (κ1) is 20.9. The molecule has 0 spiro atoms. The van der Waals surface area contributed by atoms with E-state index in [1.807, 2.05) is 0 Å². The Morgan fingerprint density at radius 3 is 2.59 bits per heavy atom. The third-order valence-corrected chi connectivity index (χ3v) is 5.22. The second-order valence-corrected chi connectivity index (χ2v) is 8.17. The second-order valence-electron chi connectivity index (χ2n) is 8.17. The lowest BCUT2D eigenvalue weighted by Crippen LogP contribution is -2.44. The van der Waals surface area contributed by atoms with Crippen LogP contribution in [0.5, 0.6) is 0 Å². The molecule has 2 aromatic heterocycles. The number of fused-ring (bicyclic) bond motifs is 1. The lowest BCUT2D eigenvalue weighted by Gasteiger charge is -2.24. The van der Waals surface area contributed by atoms with E-state index in [2.05, 4.69) is 25.6 Å². The number of aliphatic hydroxyl groups excluding tert-OH is 2. The van der Waals surface area contributed by atoms with Crippen LogP contribution in [0.15, 0.2) is 12.7 Å². The summed E-state index contributed by atoms with van der Waals surface area (Å²) in [5, 5.41) is 35.6. The van der Waals surface area contributed by atoms with Crippen molar-refractivity contribution in [2.24, 2.45) is 5.41 Å². The summed E-state index contributed by atoms with van der Waals surface area (Å²) in [6, 6.07) is -1.21. The molecule has 11 heteroatoms. The van der Waals surface area contributed by atoms with Crippen LogP contribution in [0.1, 0.15) is 39.2 Å². The predicted molar refractivity (Wildman–Crippen MR) is 103 cm³/mol. The first-order valence-electron chi connectivity index (χ1n) is 9.35. The molecule has 1 amide bonds. The topological polar surface area (TPSA) is 162 Å². The van der Waals surface area contributed by atoms with Gasteiger partial charge in [-0.05, 0) is 11.8 Å². The smallest absolute Gasteiger partial charge is 0.303 e. The van der Waals surface area contributed by atoms with Gasteiger partial charge in [0.1, 0.15) is 24.1 Å². The van der Waals surface area contributed by atoms with Crippen LogP contribution in [-0.2, 0) is 9.59 Å². The minimum Gasteiger partial charge on any atom is -0.481 e. The average Bonchev–Trinajstić information content (AvgIpc) is 3.16. The molecule has 2 aromatic rings. The number of aliphatic carboxylic acids is 1. The number of aliphatic hydroxyl groups is 2. The van der Waals surface area contributed by atoms with Gasteiger partial charge in [0, 0.05) is 13.5 Å². The van der Waals surface area contributed by atoms with Gasteiger partial charge < -0.3 is 30.5 Å². The van der Waals surface area contributed by atoms with Gasteiger partial charge in [-0.2, -0.15) is 0 Å². The number of carbonyl (C=O) groups excluding carboxylic acids is 1. The van der Waals surface area contributed by atoms with Gasteiger partial charge in [-0.25, -0.2) is 15.0 Å². The molecular formula is C18H26N6O5. The quantitative estimate of drug-likeness (QED) is 0.423. The Balaban J connectivity index is 1.74. The van der Waals surface area contributed by atoms with Gasteiger partial charge in [-0.3, -0.25) is 9.59 Å². The summed E-state index contributed by atoms with van der Waals surface area (Å²) in [6.07, 6.45) is 0.739. The zero-order valence-electron chi connectivity index (χ0n) is 16.5. The fraction of sp³-hybridized carbons (Fsp3) is 0.611. The van der Waals surface area contributed by atoms with E-state index in [1.165, 1.54) is 12.7 Å². The van der Waals surface area contributed by atoms with Crippen molar-refractivity contribution in [3.63, 3.8) is 0 Å². The highest BCUT2D eigenvalue weighted by atomic mass is 16.4. The number of carboxylic acid groups (broad SMARTS) is 1. The van der Waals surface area contributed by atoms with E-state index in [9.17, 15) is 19.8 Å². The Labute approximate surface area is 167 Å². The second kappa shape index (κ2) is 7.91. The van der Waals surface area contributed by atoms with Gasteiger partial charge in [0.05, 0.1) is 24.8 Å². The molecule has 4 atom stereocenters. The predicted octanol–water partition coefficient (Wildman–Crippen LogP) is -0.0896. The molecule has 1 fully saturated rings. The van der Waals surface area contributed by atoms with Crippen LogP contribution in [0, 0.1) is 5.41 Å². The highest BCUT2D eigenvalue weighted by Crippen LogP contribution is 2.34. The van der Waals surface area contributed by atoms with Crippen molar-refractivity contribution >= 4 is 28.9 Å². The van der Waals surface area contributed by atoms with Crippen LogP contribution < -0.4 is 10.6 Å². The number of rotatable bonds is 7. The molecule has 0 radical (unpaired) electrons. The zero-order valence-corrected chi connectivity index (χ0v) is 16.5. The van der Waals surface area contributed by atoms with Crippen LogP contribution in [-0.4, -0.2) is 72.0 Å². The number of anilines is 1. The van der Waals surface area contributed by atoms with Crippen molar-refractivity contribution < 1.29 is 24.9 Å². The van der Waals surface area contributed by atoms with E-state index in [0.717, 1.165) is 0 Å². The van der Waals surface area contributed by atoms with Crippen molar-refractivity contribution in [3.8, 4) is 0 Å². The van der Waals surface area contributed by atoms with Gasteiger partial charge in [0.25, 0.3) is 0 Å². The fourth-order valence-electron chi connectivity index (χ4n) is 3.87. The minimum absolute atomic E-state index is 0.00393. The average molecular weight is 406 g/mol. The molecule has 0 aromatic carbocycles. The molecule has 0 unspecified atom stereocenters. The van der Waals surface area contributed by atoms with E-state index in [-0.39, 0.29) is 25.2 Å². The van der Waals surface area contributed by atoms with E-state index in [4.69, 9.17) is 5.11 Å². The third-order valence-electron chi connectivity index (χ3n) is 5.22. The molecule has 1 aliphatic carbocycles. The molecule has 0 saturated heterocycles. The first-order chi connectivity index (χ1) is 13.6. The number of imidazole rings is 1. The van der Waals surface area contributed by atoms with E-state index >= 15 is 0 Å². The molecule has 158 valence electrons. The first-order valence-corrected chi connectivity index (χ1v) is 9.35. The zero-order chi connectivity index (χ0) is 21.3. The third kappa shape index (κ3) is 4.30. The summed E-state index contributed by atoms with van der Waals surface area (Å²) < 4.78 is 1.67. The lowest BCUT2D eigenvalue weighted by molar-refractivity contribution is -0.139. The number of carboxylic acids is 1. The Morgan fingerprint density at radius 1 is 1.21 bits per heavy atom. The number of hydrogen-bond donors (Lipinski definition) is 5. The largest absolute Gasteiger partial charge is 0.481 e. The van der Waals surface area contributed by atoms with Gasteiger partial charge in [0.2, 0.25) is 5.91 Å². The number of amides is 1. The number of carbonyl (C=O) groups is 2. The number of nitrogens with one attached hydrogen (secondary N) is 2. The molecule has 1 aliphatic rings. The normalized spacial score (nSPS) is 24.6. The SMILES string of the molecule is CNc1ncnc2c1ncn2[C@H]1C[C@@H](NC(=O)CC(C)(C)CC(=O)O)[C@@H](O)[C@H]1O. The van der Waals surface area contributed by atoms with Crippen LogP contribution in [0.2, 0.25) is 0 Å². The molecule has 11 nitrogen and oxygen atoms in total. The lowest BCUT2D eigenvalue weighted by atomic mass is 9.85. The maximum absolute atomic E-state index is 12.4. The number of hydrogen-bond acceptors (Lipinski definition) is 8. The molecule has 3 rings (SSSR count). The van der Waals surface area contributed by atoms with Crippen LogP contribution in [0.4, 0.5) is 5.82 Å². The van der Waals surface area contributed by atoms with Crippen molar-refractivity contribution in [1.29, 1.82) is 0 Å². The summed E-state index contributed by atoms with van der Waals surface area (Å²) >= 11 is 0. The molecule has 1 saturated carbocycles. The Kier molecular flexibility index (Phi) is 5.71. The molecule has 0 bridgehead atoms. The molecule has 29 heavy (non-hydrogen) atoms. The molecule has 0 aliphatic heterocycles. The summed E-state index contributed by atoms with van der Waals surface area (Å²) in [7, 11) is 1.71. The Bertz CT molecular complexity index is 913. The van der Waals surface area contributed by atoms with E-state index < -0.39 is 35.7 Å². The van der Waals surface area contributed by atoms with Gasteiger partial charge in [0.15, 0.2) is 11.5 Å². The van der Waals surface area contributed by atoms with E-state index in [1.54, 1.807) is 25.5 Å². The highest BCUT2D eigenvalue weighted by Gasteiger charge is 2.44. The van der Waals surface area contributed by atoms with Crippen molar-refractivity contribution in [2.75, 3.05) is 12.4 Å². The van der Waals surface area contributed by atoms with Gasteiger partial charge in [-0.1, -0.05) is 13.8 Å². The Morgan fingerprint density at radius 2 is 1.93 bits per heavy atom. The minimum atomic E-state index is -1.17. The highest BCUT2D eigenvalue weighted by molar-refractivity contribution is 5.82. The van der Waals surface area contributed by atoms with Crippen LogP contribution >= 0.6 is 0 Å². The molecular weight excluding hydrogens is 380 g/mol. The molecule has 5 N–H and O–H groups in total. The monoisotopic (exact) mass is 406 g/mol. The standard InChI is InChI=1S/C18H26N6O5/c1-18(2,6-12(26)27)5-11(25)23-9-4-10(15(29)14(9)28)24-8-22-13-16(19-3)20-7-21-17(13)24/h7-10,14-15,28-29H,4-6H2,1-3H3,(H,23,25)(H,26,27)(H,19,20,21)/t9-,10+,14-,15+/m1/s1. The van der Waals surface area contributed by atoms with Crippen LogP contribution in [0.3, 0.4) is 0 Å². The van der Waals surface area contributed by atoms with Crippen LogP contribution in [0.25, 0.3) is 11.2 Å². The summed E-state index contributed by atoms with van der Waals surface area (Å²) in [5.74, 6) is -0.801. The van der Waals surface area contributed by atoms with Crippen molar-refractivity contribution in [2.45, 2.75) is 57.4 Å².